The van der Waals surface area contributed by atoms with Crippen LogP contribution in [0.4, 0.5) is 4.79 Å². The van der Waals surface area contributed by atoms with Crippen LogP contribution in [-0.2, 0) is 10.0 Å². The maximum Gasteiger partial charge on any atom is 0.349 e. The van der Waals surface area contributed by atoms with Crippen LogP contribution in [0.5, 0.6) is 0 Å². The molecule has 0 bridgehead atoms. The van der Waals surface area contributed by atoms with Crippen molar-refractivity contribution < 1.29 is 13.2 Å². The molecule has 1 aromatic rings. The maximum absolute atomic E-state index is 12.2. The van der Waals surface area contributed by atoms with Gasteiger partial charge in [-0.05, 0) is 24.4 Å². The van der Waals surface area contributed by atoms with Crippen molar-refractivity contribution in [1.29, 1.82) is 0 Å². The predicted octanol–water partition coefficient (Wildman–Crippen LogP) is 1.37. The number of carbonyl (C=O) groups is 1. The molecule has 0 N–H and O–H groups in total. The third-order valence-corrected chi connectivity index (χ3v) is 5.50. The molecule has 1 heterocycles. The van der Waals surface area contributed by atoms with Gasteiger partial charge in [0.05, 0.1) is 5.25 Å². The molecular weight excluding hydrogens is 280 g/mol. The Morgan fingerprint density at radius 3 is 2.33 bits per heavy atom. The molecule has 0 aromatic carbocycles. The van der Waals surface area contributed by atoms with Crippen LogP contribution in [0.25, 0.3) is 0 Å². The van der Waals surface area contributed by atoms with Crippen molar-refractivity contribution in [2.24, 2.45) is 0 Å². The van der Waals surface area contributed by atoms with Crippen LogP contribution >= 0.6 is 11.6 Å². The Labute approximate surface area is 109 Å². The Morgan fingerprint density at radius 1 is 1.22 bits per heavy atom. The molecule has 1 aliphatic carbocycles. The molecule has 0 unspecified atom stereocenters. The molecule has 0 saturated heterocycles. The van der Waals surface area contributed by atoms with Crippen molar-refractivity contribution in [3.05, 3.63) is 22.9 Å². The smallest absolute Gasteiger partial charge is 0.254 e. The van der Waals surface area contributed by atoms with Crippen LogP contribution in [0.15, 0.2) is 17.2 Å². The first-order valence-corrected chi connectivity index (χ1v) is 7.57. The van der Waals surface area contributed by atoms with Gasteiger partial charge in [-0.2, -0.15) is 3.97 Å². The number of halogens is 1. The third-order valence-electron chi connectivity index (χ3n) is 3.18. The van der Waals surface area contributed by atoms with Crippen molar-refractivity contribution in [2.45, 2.75) is 37.4 Å². The van der Waals surface area contributed by atoms with Gasteiger partial charge in [-0.3, -0.25) is 4.79 Å². The molecule has 0 spiro atoms. The molecule has 1 saturated carbocycles. The van der Waals surface area contributed by atoms with Crippen LogP contribution in [-0.4, -0.2) is 27.6 Å². The van der Waals surface area contributed by atoms with E-state index >= 15 is 0 Å². The molecule has 1 fully saturated rings. The number of nitrogens with zero attached hydrogens (tertiary/aromatic N) is 2. The summed E-state index contributed by atoms with van der Waals surface area (Å²) in [6.45, 7) is 0. The number of imidazole rings is 1. The molecule has 2 rings (SSSR count). The van der Waals surface area contributed by atoms with E-state index < -0.39 is 26.3 Å². The van der Waals surface area contributed by atoms with E-state index in [-0.39, 0.29) is 0 Å². The van der Waals surface area contributed by atoms with Crippen LogP contribution < -0.4 is 5.69 Å². The first kappa shape index (κ1) is 13.4. The summed E-state index contributed by atoms with van der Waals surface area (Å²) >= 11 is 5.17. The van der Waals surface area contributed by atoms with Gasteiger partial charge in [-0.1, -0.05) is 19.3 Å². The minimum absolute atomic E-state index is 0.550. The van der Waals surface area contributed by atoms with Gasteiger partial charge in [-0.25, -0.2) is 17.8 Å². The fourth-order valence-electron chi connectivity index (χ4n) is 2.21. The summed E-state index contributed by atoms with van der Waals surface area (Å²) in [5, 5.41) is -1.57. The van der Waals surface area contributed by atoms with Crippen molar-refractivity contribution in [3.8, 4) is 0 Å². The lowest BCUT2D eigenvalue weighted by atomic mass is 10.0. The minimum atomic E-state index is -3.73. The summed E-state index contributed by atoms with van der Waals surface area (Å²) < 4.78 is 25.7. The monoisotopic (exact) mass is 292 g/mol. The van der Waals surface area contributed by atoms with E-state index in [0.29, 0.717) is 21.4 Å². The Kier molecular flexibility index (Phi) is 3.63. The van der Waals surface area contributed by atoms with E-state index in [4.69, 9.17) is 11.6 Å². The summed E-state index contributed by atoms with van der Waals surface area (Å²) in [4.78, 5) is 22.6. The molecule has 1 aromatic heterocycles. The molecule has 6 nitrogen and oxygen atoms in total. The average molecular weight is 293 g/mol. The molecule has 0 amide bonds. The highest BCUT2D eigenvalue weighted by atomic mass is 35.5. The topological polar surface area (TPSA) is 78.1 Å². The van der Waals surface area contributed by atoms with Gasteiger partial charge >= 0.3 is 11.1 Å². The predicted molar refractivity (Wildman–Crippen MR) is 66.5 cm³/mol. The SMILES string of the molecule is O=C(Cl)n1ccn(S(=O)(=O)C2CCCCC2)c1=O. The van der Waals surface area contributed by atoms with Gasteiger partial charge in [0, 0.05) is 12.4 Å². The Morgan fingerprint density at radius 2 is 1.83 bits per heavy atom. The first-order valence-electron chi connectivity index (χ1n) is 5.69. The van der Waals surface area contributed by atoms with Gasteiger partial charge in [0.2, 0.25) is 10.0 Å². The summed E-state index contributed by atoms with van der Waals surface area (Å²) in [6, 6.07) is 0. The van der Waals surface area contributed by atoms with Crippen molar-refractivity contribution >= 4 is 27.0 Å². The maximum atomic E-state index is 12.2. The summed E-state index contributed by atoms with van der Waals surface area (Å²) in [7, 11) is -3.73. The van der Waals surface area contributed by atoms with Crippen molar-refractivity contribution in [3.63, 3.8) is 0 Å². The number of carbonyl (C=O) groups excluding carboxylic acids is 1. The fourth-order valence-corrected chi connectivity index (χ4v) is 4.12. The Bertz CT molecular complexity index is 610. The van der Waals surface area contributed by atoms with E-state index in [9.17, 15) is 18.0 Å². The Balaban J connectivity index is 2.41. The lowest BCUT2D eigenvalue weighted by Gasteiger charge is -2.21. The summed E-state index contributed by atoms with van der Waals surface area (Å²) in [6.07, 6.45) is 5.94. The van der Waals surface area contributed by atoms with E-state index in [1.807, 2.05) is 0 Å². The zero-order chi connectivity index (χ0) is 13.3. The average Bonchev–Trinajstić information content (AvgIpc) is 2.73. The highest BCUT2D eigenvalue weighted by Gasteiger charge is 2.30. The largest absolute Gasteiger partial charge is 0.349 e. The van der Waals surface area contributed by atoms with Crippen molar-refractivity contribution in [1.82, 2.24) is 8.54 Å². The Hall–Kier alpha value is -1.08. The van der Waals surface area contributed by atoms with Crippen LogP contribution in [0, 0.1) is 0 Å². The third kappa shape index (κ3) is 2.24. The zero-order valence-corrected chi connectivity index (χ0v) is 11.2. The highest BCUT2D eigenvalue weighted by molar-refractivity contribution is 7.90. The normalized spacial score (nSPS) is 17.8. The molecule has 1 aliphatic rings. The number of rotatable bonds is 2. The molecule has 0 atom stereocenters. The van der Waals surface area contributed by atoms with Crippen LogP contribution in [0.2, 0.25) is 0 Å². The fraction of sp³-hybridized carbons (Fsp3) is 0.600. The minimum Gasteiger partial charge on any atom is -0.254 e. The first-order chi connectivity index (χ1) is 8.44. The number of hydrogen-bond donors (Lipinski definition) is 0. The van der Waals surface area contributed by atoms with Gasteiger partial charge in [-0.15, -0.1) is 0 Å². The highest BCUT2D eigenvalue weighted by Crippen LogP contribution is 2.24. The van der Waals surface area contributed by atoms with E-state index in [0.717, 1.165) is 31.7 Å². The lowest BCUT2D eigenvalue weighted by Crippen LogP contribution is -2.37. The summed E-state index contributed by atoms with van der Waals surface area (Å²) in [5.74, 6) is 0. The second kappa shape index (κ2) is 4.89. The van der Waals surface area contributed by atoms with E-state index in [1.54, 1.807) is 0 Å². The zero-order valence-electron chi connectivity index (χ0n) is 9.58. The standard InChI is InChI=1S/C10H13ClN2O4S/c11-9(14)12-6-7-13(10(12)15)18(16,17)8-4-2-1-3-5-8/h6-8H,1-5H2. The molecule has 18 heavy (non-hydrogen) atoms. The quantitative estimate of drug-likeness (QED) is 0.771. The van der Waals surface area contributed by atoms with E-state index in [2.05, 4.69) is 0 Å². The van der Waals surface area contributed by atoms with Crippen LogP contribution in [0.1, 0.15) is 32.1 Å². The van der Waals surface area contributed by atoms with Gasteiger partial charge < -0.3 is 0 Å². The molecule has 0 aliphatic heterocycles. The second-order valence-electron chi connectivity index (χ2n) is 4.30. The number of hydrogen-bond acceptors (Lipinski definition) is 4. The number of aromatic nitrogens is 2. The molecule has 100 valence electrons. The van der Waals surface area contributed by atoms with Gasteiger partial charge in [0.15, 0.2) is 0 Å². The van der Waals surface area contributed by atoms with E-state index in [1.165, 1.54) is 0 Å². The molecule has 8 heteroatoms. The van der Waals surface area contributed by atoms with Crippen molar-refractivity contribution in [2.75, 3.05) is 0 Å². The second-order valence-corrected chi connectivity index (χ2v) is 6.72. The molecular formula is C10H13ClN2O4S. The molecule has 0 radical (unpaired) electrons. The van der Waals surface area contributed by atoms with Gasteiger partial charge in [0.1, 0.15) is 0 Å². The summed E-state index contributed by atoms with van der Waals surface area (Å²) in [5.41, 5.74) is -0.930. The lowest BCUT2D eigenvalue weighted by molar-refractivity contribution is 0.260. The van der Waals surface area contributed by atoms with Crippen LogP contribution in [0.3, 0.4) is 0 Å². The van der Waals surface area contributed by atoms with Gasteiger partial charge in [0.25, 0.3) is 0 Å².